The van der Waals surface area contributed by atoms with E-state index in [1.165, 1.54) is 32.4 Å². The summed E-state index contributed by atoms with van der Waals surface area (Å²) in [6.07, 6.45) is -2.74. The van der Waals surface area contributed by atoms with Crippen molar-refractivity contribution in [3.05, 3.63) is 53.3 Å². The summed E-state index contributed by atoms with van der Waals surface area (Å²) in [5.41, 5.74) is 1.17. The van der Waals surface area contributed by atoms with Crippen molar-refractivity contribution in [1.29, 1.82) is 0 Å². The van der Waals surface area contributed by atoms with E-state index in [1.807, 2.05) is 0 Å². The predicted octanol–water partition coefficient (Wildman–Crippen LogP) is 2.74. The number of carboxylic acid groups (broad SMARTS) is 1. The number of halogens is 1. The number of rotatable bonds is 5. The van der Waals surface area contributed by atoms with Crippen LogP contribution in [-0.4, -0.2) is 37.3 Å². The van der Waals surface area contributed by atoms with Gasteiger partial charge < -0.3 is 24.6 Å². The average Bonchev–Trinajstić information content (AvgIpc) is 2.77. The van der Waals surface area contributed by atoms with Gasteiger partial charge in [-0.3, -0.25) is 9.59 Å². The van der Waals surface area contributed by atoms with E-state index in [9.17, 15) is 14.0 Å². The Bertz CT molecular complexity index is 884. The summed E-state index contributed by atoms with van der Waals surface area (Å²) in [5, 5.41) is 11.7. The maximum absolute atomic E-state index is 13.9. The molecule has 2 aromatic carbocycles. The molecule has 7 nitrogen and oxygen atoms in total. The molecule has 0 aromatic heterocycles. The first-order valence-electron chi connectivity index (χ1n) is 8.13. The van der Waals surface area contributed by atoms with Gasteiger partial charge in [-0.25, -0.2) is 4.39 Å². The van der Waals surface area contributed by atoms with E-state index in [-0.39, 0.29) is 0 Å². The number of carboxylic acids is 1. The Balaban J connectivity index is 2.18. The first-order chi connectivity index (χ1) is 12.9. The fourth-order valence-electron chi connectivity index (χ4n) is 3.04. The number of carbonyl (C=O) groups is 2. The second kappa shape index (κ2) is 7.63. The average molecular weight is 375 g/mol. The molecule has 0 fully saturated rings. The molecule has 2 N–H and O–H groups in total. The Morgan fingerprint density at radius 3 is 2.67 bits per heavy atom. The first kappa shape index (κ1) is 18.7. The number of carbonyl (C=O) groups excluding carboxylic acids is 1. The second-order valence-electron chi connectivity index (χ2n) is 5.91. The molecule has 1 amide bonds. The molecule has 142 valence electrons. The zero-order valence-corrected chi connectivity index (χ0v) is 14.7. The summed E-state index contributed by atoms with van der Waals surface area (Å²) >= 11 is 0. The molecule has 1 heterocycles. The van der Waals surface area contributed by atoms with Crippen molar-refractivity contribution in [1.82, 2.24) is 0 Å². The molecule has 0 aliphatic carbocycles. The number of nitrogens with one attached hydrogen (secondary N) is 1. The molecule has 0 bridgehead atoms. The van der Waals surface area contributed by atoms with E-state index in [0.29, 0.717) is 28.3 Å². The van der Waals surface area contributed by atoms with Gasteiger partial charge in [-0.2, -0.15) is 0 Å². The highest BCUT2D eigenvalue weighted by atomic mass is 19.1. The molecule has 0 saturated heterocycles. The number of para-hydroxylation sites is 1. The number of anilines is 1. The third-order valence-corrected chi connectivity index (χ3v) is 4.22. The Hall–Kier alpha value is -3.13. The third-order valence-electron chi connectivity index (χ3n) is 4.22. The molecule has 3 rings (SSSR count). The third kappa shape index (κ3) is 3.70. The van der Waals surface area contributed by atoms with Gasteiger partial charge >= 0.3 is 5.97 Å². The zero-order chi connectivity index (χ0) is 19.6. The van der Waals surface area contributed by atoms with E-state index in [2.05, 4.69) is 5.32 Å². The van der Waals surface area contributed by atoms with Gasteiger partial charge in [0.2, 0.25) is 0 Å². The molecule has 1 aliphatic rings. The Morgan fingerprint density at radius 1 is 1.22 bits per heavy atom. The van der Waals surface area contributed by atoms with Crippen molar-refractivity contribution in [2.75, 3.05) is 19.5 Å². The van der Waals surface area contributed by atoms with Crippen molar-refractivity contribution in [3.8, 4) is 11.5 Å². The summed E-state index contributed by atoms with van der Waals surface area (Å²) in [4.78, 5) is 23.6. The fourth-order valence-corrected chi connectivity index (χ4v) is 3.04. The fraction of sp³-hybridized carbons (Fsp3) is 0.263. The van der Waals surface area contributed by atoms with Crippen LogP contribution in [0, 0.1) is 5.82 Å². The molecule has 0 saturated carbocycles. The SMILES string of the molecule is COc1cccc(C2OC(CC(=O)O)C(=O)Nc3ccc(F)cc32)c1OC. The van der Waals surface area contributed by atoms with Crippen molar-refractivity contribution in [2.24, 2.45) is 0 Å². The van der Waals surface area contributed by atoms with Gasteiger partial charge in [0, 0.05) is 16.8 Å². The van der Waals surface area contributed by atoms with Crippen LogP contribution in [-0.2, 0) is 14.3 Å². The second-order valence-corrected chi connectivity index (χ2v) is 5.91. The predicted molar refractivity (Wildman–Crippen MR) is 93.5 cm³/mol. The number of aliphatic carboxylic acids is 1. The van der Waals surface area contributed by atoms with Crippen LogP contribution in [0.2, 0.25) is 0 Å². The number of ether oxygens (including phenoxy) is 3. The maximum Gasteiger partial charge on any atom is 0.306 e. The summed E-state index contributed by atoms with van der Waals surface area (Å²) in [6, 6.07) is 8.93. The molecule has 1 aliphatic heterocycles. The lowest BCUT2D eigenvalue weighted by Crippen LogP contribution is -2.31. The van der Waals surface area contributed by atoms with Crippen LogP contribution < -0.4 is 14.8 Å². The number of benzene rings is 2. The standard InChI is InChI=1S/C19H18FNO6/c1-25-14-5-3-4-11(18(14)26-2)17-12-8-10(20)6-7-13(12)21-19(24)15(27-17)9-16(22)23/h3-8,15,17H,9H2,1-2H3,(H,21,24)(H,22,23). The van der Waals surface area contributed by atoms with E-state index >= 15 is 0 Å². The Labute approximate surface area is 154 Å². The molecule has 2 atom stereocenters. The maximum atomic E-state index is 13.9. The molecule has 2 aromatic rings. The van der Waals surface area contributed by atoms with E-state index < -0.39 is 36.3 Å². The lowest BCUT2D eigenvalue weighted by atomic mass is 9.98. The van der Waals surface area contributed by atoms with Gasteiger partial charge in [-0.05, 0) is 24.3 Å². The van der Waals surface area contributed by atoms with Gasteiger partial charge in [0.1, 0.15) is 18.0 Å². The zero-order valence-electron chi connectivity index (χ0n) is 14.7. The van der Waals surface area contributed by atoms with E-state index in [4.69, 9.17) is 19.3 Å². The highest BCUT2D eigenvalue weighted by Crippen LogP contribution is 2.43. The van der Waals surface area contributed by atoms with Crippen LogP contribution in [0.5, 0.6) is 11.5 Å². The highest BCUT2D eigenvalue weighted by Gasteiger charge is 2.35. The molecule has 0 radical (unpaired) electrons. The summed E-state index contributed by atoms with van der Waals surface area (Å²) in [6.45, 7) is 0. The lowest BCUT2D eigenvalue weighted by molar-refractivity contribution is -0.146. The minimum atomic E-state index is -1.26. The van der Waals surface area contributed by atoms with Crippen LogP contribution in [0.25, 0.3) is 0 Å². The van der Waals surface area contributed by atoms with Crippen molar-refractivity contribution in [3.63, 3.8) is 0 Å². The Kier molecular flexibility index (Phi) is 5.27. The highest BCUT2D eigenvalue weighted by molar-refractivity contribution is 5.97. The molecule has 8 heteroatoms. The Morgan fingerprint density at radius 2 is 2.00 bits per heavy atom. The molecule has 0 spiro atoms. The molecular weight excluding hydrogens is 357 g/mol. The van der Waals surface area contributed by atoms with Crippen LogP contribution in [0.1, 0.15) is 23.7 Å². The number of hydrogen-bond donors (Lipinski definition) is 2. The minimum absolute atomic E-state index is 0.337. The van der Waals surface area contributed by atoms with Crippen molar-refractivity contribution < 1.29 is 33.3 Å². The monoisotopic (exact) mass is 375 g/mol. The first-order valence-corrected chi connectivity index (χ1v) is 8.13. The van der Waals surface area contributed by atoms with E-state index in [0.717, 1.165) is 0 Å². The summed E-state index contributed by atoms with van der Waals surface area (Å²) in [5.74, 6) is -1.55. The van der Waals surface area contributed by atoms with Gasteiger partial charge in [0.25, 0.3) is 5.91 Å². The summed E-state index contributed by atoms with van der Waals surface area (Å²) < 4.78 is 30.5. The van der Waals surface area contributed by atoms with Gasteiger partial charge in [-0.15, -0.1) is 0 Å². The normalized spacial score (nSPS) is 18.9. The molecular formula is C19H18FNO6. The smallest absolute Gasteiger partial charge is 0.306 e. The van der Waals surface area contributed by atoms with Gasteiger partial charge in [-0.1, -0.05) is 12.1 Å². The molecule has 27 heavy (non-hydrogen) atoms. The lowest BCUT2D eigenvalue weighted by Gasteiger charge is -2.23. The summed E-state index contributed by atoms with van der Waals surface area (Å²) in [7, 11) is 2.92. The quantitative estimate of drug-likeness (QED) is 0.835. The van der Waals surface area contributed by atoms with Crippen LogP contribution in [0.3, 0.4) is 0 Å². The number of amides is 1. The number of hydrogen-bond acceptors (Lipinski definition) is 5. The van der Waals surface area contributed by atoms with E-state index in [1.54, 1.807) is 18.2 Å². The van der Waals surface area contributed by atoms with Crippen molar-refractivity contribution >= 4 is 17.6 Å². The molecule has 2 unspecified atom stereocenters. The van der Waals surface area contributed by atoms with Gasteiger partial charge in [0.05, 0.1) is 20.6 Å². The van der Waals surface area contributed by atoms with Crippen LogP contribution >= 0.6 is 0 Å². The minimum Gasteiger partial charge on any atom is -0.493 e. The van der Waals surface area contributed by atoms with Gasteiger partial charge in [0.15, 0.2) is 11.5 Å². The number of methoxy groups -OCH3 is 2. The largest absolute Gasteiger partial charge is 0.493 e. The topological polar surface area (TPSA) is 94.1 Å². The van der Waals surface area contributed by atoms with Crippen molar-refractivity contribution in [2.45, 2.75) is 18.6 Å². The van der Waals surface area contributed by atoms with Crippen LogP contribution in [0.15, 0.2) is 36.4 Å². The number of fused-ring (bicyclic) bond motifs is 1. The van der Waals surface area contributed by atoms with Crippen LogP contribution in [0.4, 0.5) is 10.1 Å².